The fraction of sp³-hybridized carbons (Fsp3) is 0.625. The lowest BCUT2D eigenvalue weighted by Crippen LogP contribution is -2.33. The third-order valence-electron chi connectivity index (χ3n) is 1.83. The number of nitrogens with zero attached hydrogens (tertiary/aromatic N) is 2. The van der Waals surface area contributed by atoms with Gasteiger partial charge in [0.15, 0.2) is 5.78 Å². The minimum absolute atomic E-state index is 0.0152. The molecule has 1 aromatic rings. The van der Waals surface area contributed by atoms with Gasteiger partial charge >= 0.3 is 6.01 Å². The number of nitrogen functional groups attached to an aromatic ring is 1. The number of anilines is 2. The standard InChI is InChI=1S/C8H14N4O2/c1-4(2)6(5(3)13)10-8-11-7(9)14-12-8/h4,6H,1-3H3,(H3,9,10,11,12). The van der Waals surface area contributed by atoms with E-state index < -0.39 is 0 Å². The van der Waals surface area contributed by atoms with E-state index in [1.807, 2.05) is 13.8 Å². The molecule has 0 aliphatic carbocycles. The molecule has 0 amide bonds. The zero-order chi connectivity index (χ0) is 10.7. The maximum absolute atomic E-state index is 11.2. The molecule has 1 rings (SSSR count). The number of ketones is 1. The number of rotatable bonds is 4. The van der Waals surface area contributed by atoms with Crippen molar-refractivity contribution < 1.29 is 9.32 Å². The molecule has 0 bridgehead atoms. The van der Waals surface area contributed by atoms with Gasteiger partial charge in [0.05, 0.1) is 6.04 Å². The van der Waals surface area contributed by atoms with Gasteiger partial charge in [0.2, 0.25) is 0 Å². The van der Waals surface area contributed by atoms with Gasteiger partial charge in [-0.05, 0) is 18.0 Å². The van der Waals surface area contributed by atoms with Crippen LogP contribution in [0, 0.1) is 5.92 Å². The number of nitrogens with two attached hydrogens (primary N) is 1. The van der Waals surface area contributed by atoms with Crippen LogP contribution in [0.1, 0.15) is 20.8 Å². The van der Waals surface area contributed by atoms with Gasteiger partial charge in [0.25, 0.3) is 5.95 Å². The summed E-state index contributed by atoms with van der Waals surface area (Å²) < 4.78 is 4.57. The highest BCUT2D eigenvalue weighted by molar-refractivity contribution is 5.84. The molecule has 1 heterocycles. The van der Waals surface area contributed by atoms with E-state index in [1.54, 1.807) is 0 Å². The molecule has 6 heteroatoms. The van der Waals surface area contributed by atoms with E-state index in [2.05, 4.69) is 20.0 Å². The van der Waals surface area contributed by atoms with Crippen LogP contribution in [-0.2, 0) is 4.79 Å². The second-order valence-electron chi connectivity index (χ2n) is 3.43. The molecule has 0 saturated heterocycles. The van der Waals surface area contributed by atoms with Gasteiger partial charge in [-0.2, -0.15) is 4.98 Å². The maximum Gasteiger partial charge on any atom is 0.320 e. The van der Waals surface area contributed by atoms with E-state index in [4.69, 9.17) is 5.73 Å². The first-order valence-corrected chi connectivity index (χ1v) is 4.37. The predicted molar refractivity (Wildman–Crippen MR) is 51.6 cm³/mol. The Labute approximate surface area is 81.9 Å². The van der Waals surface area contributed by atoms with Crippen LogP contribution in [0.25, 0.3) is 0 Å². The van der Waals surface area contributed by atoms with E-state index >= 15 is 0 Å². The smallest absolute Gasteiger partial charge is 0.320 e. The second-order valence-corrected chi connectivity index (χ2v) is 3.43. The normalized spacial score (nSPS) is 12.9. The van der Waals surface area contributed by atoms with Crippen molar-refractivity contribution >= 4 is 17.7 Å². The Morgan fingerprint density at radius 3 is 2.57 bits per heavy atom. The van der Waals surface area contributed by atoms with Crippen molar-refractivity contribution in [2.75, 3.05) is 11.1 Å². The van der Waals surface area contributed by atoms with Crippen molar-refractivity contribution in [2.45, 2.75) is 26.8 Å². The van der Waals surface area contributed by atoms with Crippen molar-refractivity contribution in [1.29, 1.82) is 0 Å². The lowest BCUT2D eigenvalue weighted by Gasteiger charge is -2.17. The summed E-state index contributed by atoms with van der Waals surface area (Å²) in [6.45, 7) is 5.38. The van der Waals surface area contributed by atoms with Gasteiger partial charge in [-0.1, -0.05) is 13.8 Å². The summed E-state index contributed by atoms with van der Waals surface area (Å²) in [7, 11) is 0. The molecule has 78 valence electrons. The molecular weight excluding hydrogens is 184 g/mol. The number of nitrogens with one attached hydrogen (secondary N) is 1. The van der Waals surface area contributed by atoms with Crippen molar-refractivity contribution in [2.24, 2.45) is 5.92 Å². The SMILES string of the molecule is CC(=O)C(Nc1noc(N)n1)C(C)C. The number of hydrogen-bond acceptors (Lipinski definition) is 6. The van der Waals surface area contributed by atoms with E-state index in [0.717, 1.165) is 0 Å². The molecular formula is C8H14N4O2. The van der Waals surface area contributed by atoms with Crippen LogP contribution in [0.2, 0.25) is 0 Å². The van der Waals surface area contributed by atoms with Gasteiger partial charge in [0, 0.05) is 0 Å². The quantitative estimate of drug-likeness (QED) is 0.738. The van der Waals surface area contributed by atoms with Crippen molar-refractivity contribution in [1.82, 2.24) is 10.1 Å². The maximum atomic E-state index is 11.2. The number of carbonyl (C=O) groups is 1. The summed E-state index contributed by atoms with van der Waals surface area (Å²) in [4.78, 5) is 15.0. The van der Waals surface area contributed by atoms with Crippen molar-refractivity contribution in [3.05, 3.63) is 0 Å². The van der Waals surface area contributed by atoms with E-state index in [9.17, 15) is 4.79 Å². The molecule has 14 heavy (non-hydrogen) atoms. The molecule has 1 unspecified atom stereocenters. The first-order chi connectivity index (χ1) is 6.50. The summed E-state index contributed by atoms with van der Waals surface area (Å²) in [5.41, 5.74) is 5.24. The van der Waals surface area contributed by atoms with Crippen LogP contribution in [0.4, 0.5) is 12.0 Å². The summed E-state index contributed by atoms with van der Waals surface area (Å²) in [5, 5.41) is 6.40. The molecule has 3 N–H and O–H groups in total. The zero-order valence-electron chi connectivity index (χ0n) is 8.44. The average Bonchev–Trinajstić information content (AvgIpc) is 2.46. The Kier molecular flexibility index (Phi) is 3.06. The summed E-state index contributed by atoms with van der Waals surface area (Å²) >= 11 is 0. The topological polar surface area (TPSA) is 94.0 Å². The van der Waals surface area contributed by atoms with E-state index in [1.165, 1.54) is 6.92 Å². The van der Waals surface area contributed by atoms with Crippen LogP contribution in [-0.4, -0.2) is 22.0 Å². The van der Waals surface area contributed by atoms with Gasteiger partial charge in [-0.15, -0.1) is 0 Å². The molecule has 0 radical (unpaired) electrons. The molecule has 1 atom stereocenters. The third-order valence-corrected chi connectivity index (χ3v) is 1.83. The molecule has 0 aliphatic heterocycles. The summed E-state index contributed by atoms with van der Waals surface area (Å²) in [6, 6.07) is -0.328. The Balaban J connectivity index is 2.69. The number of aromatic nitrogens is 2. The van der Waals surface area contributed by atoms with E-state index in [0.29, 0.717) is 0 Å². The van der Waals surface area contributed by atoms with Crippen LogP contribution in [0.5, 0.6) is 0 Å². The predicted octanol–water partition coefficient (Wildman–Crippen LogP) is 0.677. The Morgan fingerprint density at radius 2 is 2.21 bits per heavy atom. The zero-order valence-corrected chi connectivity index (χ0v) is 8.44. The second kappa shape index (κ2) is 4.08. The highest BCUT2D eigenvalue weighted by atomic mass is 16.5. The van der Waals surface area contributed by atoms with Crippen LogP contribution >= 0.6 is 0 Å². The summed E-state index contributed by atoms with van der Waals surface area (Å²) in [6.07, 6.45) is 0. The Bertz CT molecular complexity index is 321. The summed E-state index contributed by atoms with van der Waals surface area (Å²) in [5.74, 6) is 0.437. The fourth-order valence-corrected chi connectivity index (χ4v) is 1.17. The average molecular weight is 198 g/mol. The third kappa shape index (κ3) is 2.45. The van der Waals surface area contributed by atoms with Gasteiger partial charge in [0.1, 0.15) is 0 Å². The molecule has 0 aromatic carbocycles. The Morgan fingerprint density at radius 1 is 1.57 bits per heavy atom. The lowest BCUT2D eigenvalue weighted by atomic mass is 10.0. The monoisotopic (exact) mass is 198 g/mol. The van der Waals surface area contributed by atoms with Crippen LogP contribution < -0.4 is 11.1 Å². The molecule has 0 fully saturated rings. The largest absolute Gasteiger partial charge is 0.351 e. The molecule has 1 aromatic heterocycles. The minimum Gasteiger partial charge on any atom is -0.351 e. The molecule has 0 spiro atoms. The minimum atomic E-state index is -0.313. The number of hydrogen-bond donors (Lipinski definition) is 2. The van der Waals surface area contributed by atoms with Gasteiger partial charge in [-0.25, -0.2) is 0 Å². The first kappa shape index (κ1) is 10.5. The van der Waals surface area contributed by atoms with Crippen molar-refractivity contribution in [3.8, 4) is 0 Å². The van der Waals surface area contributed by atoms with Crippen molar-refractivity contribution in [3.63, 3.8) is 0 Å². The first-order valence-electron chi connectivity index (χ1n) is 4.37. The van der Waals surface area contributed by atoms with Crippen LogP contribution in [0.15, 0.2) is 4.52 Å². The molecule has 6 nitrogen and oxygen atoms in total. The van der Waals surface area contributed by atoms with E-state index in [-0.39, 0.29) is 29.7 Å². The van der Waals surface area contributed by atoms with Gasteiger partial charge in [-0.3, -0.25) is 4.79 Å². The number of Topliss-reactive ketones (excluding diaryl/α,β-unsaturated/α-hetero) is 1. The fourth-order valence-electron chi connectivity index (χ4n) is 1.17. The van der Waals surface area contributed by atoms with Crippen LogP contribution in [0.3, 0.4) is 0 Å². The highest BCUT2D eigenvalue weighted by Crippen LogP contribution is 2.10. The highest BCUT2D eigenvalue weighted by Gasteiger charge is 2.19. The Hall–Kier alpha value is -1.59. The molecule has 0 aliphatic rings. The number of carbonyl (C=O) groups excluding carboxylic acids is 1. The van der Waals surface area contributed by atoms with Gasteiger partial charge < -0.3 is 15.6 Å². The molecule has 0 saturated carbocycles. The lowest BCUT2D eigenvalue weighted by molar-refractivity contribution is -0.118.